The molecule has 5 heteroatoms. The Morgan fingerprint density at radius 1 is 0.840 bits per heavy atom. The zero-order valence-corrected chi connectivity index (χ0v) is 19.6. The molecule has 0 fully saturated rings. The Hall–Kier alpha value is -1.08. The van der Waals surface area contributed by atoms with E-state index in [4.69, 9.17) is 8.85 Å². The van der Waals surface area contributed by atoms with Gasteiger partial charge in [-0.05, 0) is 42.3 Å². The first-order chi connectivity index (χ1) is 11.1. The molecule has 0 amide bonds. The Balaban J connectivity index is 3.31. The zero-order valence-electron chi connectivity index (χ0n) is 17.6. The highest BCUT2D eigenvalue weighted by molar-refractivity contribution is 6.75. The maximum Gasteiger partial charge on any atom is 0.254 e. The van der Waals surface area contributed by atoms with Crippen LogP contribution < -0.4 is 0 Å². The Kier molecular flexibility index (Phi) is 6.39. The van der Waals surface area contributed by atoms with Crippen LogP contribution in [0.4, 0.5) is 4.39 Å². The first kappa shape index (κ1) is 22.0. The van der Waals surface area contributed by atoms with E-state index in [-0.39, 0.29) is 15.9 Å². The minimum Gasteiger partial charge on any atom is -0.520 e. The van der Waals surface area contributed by atoms with Crippen LogP contribution in [0.2, 0.25) is 36.3 Å². The van der Waals surface area contributed by atoms with Crippen molar-refractivity contribution < 1.29 is 13.2 Å². The summed E-state index contributed by atoms with van der Waals surface area (Å²) >= 11 is 0. The van der Waals surface area contributed by atoms with Gasteiger partial charge in [-0.3, -0.25) is 0 Å². The largest absolute Gasteiger partial charge is 0.520 e. The number of benzene rings is 1. The minimum absolute atomic E-state index is 0.0398. The van der Waals surface area contributed by atoms with Gasteiger partial charge in [0.15, 0.2) is 0 Å². The summed E-state index contributed by atoms with van der Waals surface area (Å²) in [5.74, 6) is 0.195. The molecule has 0 bridgehead atoms. The van der Waals surface area contributed by atoms with E-state index in [1.54, 1.807) is 18.2 Å². The van der Waals surface area contributed by atoms with Gasteiger partial charge in [-0.15, -0.1) is 0 Å². The Morgan fingerprint density at radius 2 is 1.24 bits per heavy atom. The third kappa shape index (κ3) is 5.71. The minimum atomic E-state index is -2.09. The first-order valence-corrected chi connectivity index (χ1v) is 14.7. The second-order valence-corrected chi connectivity index (χ2v) is 19.2. The molecule has 0 aliphatic heterocycles. The third-order valence-corrected chi connectivity index (χ3v) is 14.2. The van der Waals surface area contributed by atoms with Gasteiger partial charge in [0.1, 0.15) is 5.82 Å². The molecule has 25 heavy (non-hydrogen) atoms. The van der Waals surface area contributed by atoms with E-state index < -0.39 is 16.6 Å². The number of rotatable bonds is 5. The van der Waals surface area contributed by atoms with Crippen LogP contribution in [0.25, 0.3) is 6.08 Å². The average molecular weight is 383 g/mol. The molecule has 0 unspecified atom stereocenters. The molecule has 0 saturated carbocycles. The van der Waals surface area contributed by atoms with Gasteiger partial charge in [-0.1, -0.05) is 59.7 Å². The van der Waals surface area contributed by atoms with Crippen molar-refractivity contribution in [2.45, 2.75) is 77.8 Å². The monoisotopic (exact) mass is 382 g/mol. The lowest BCUT2D eigenvalue weighted by molar-refractivity contribution is 0.201. The van der Waals surface area contributed by atoms with Gasteiger partial charge >= 0.3 is 0 Å². The maximum atomic E-state index is 14.2. The molecule has 0 aliphatic carbocycles. The lowest BCUT2D eigenvalue weighted by Crippen LogP contribution is -2.45. The van der Waals surface area contributed by atoms with Gasteiger partial charge in [-0.25, -0.2) is 4.39 Å². The Labute approximate surface area is 155 Å². The summed E-state index contributed by atoms with van der Waals surface area (Å²) in [6.07, 6.45) is 1.72. The lowest BCUT2D eigenvalue weighted by atomic mass is 10.2. The second kappa shape index (κ2) is 7.27. The summed E-state index contributed by atoms with van der Waals surface area (Å²) in [4.78, 5) is 0. The van der Waals surface area contributed by atoms with Gasteiger partial charge in [-0.2, -0.15) is 0 Å². The van der Waals surface area contributed by atoms with Crippen LogP contribution in [0, 0.1) is 5.82 Å². The Morgan fingerprint density at radius 3 is 1.60 bits per heavy atom. The normalized spacial score (nSPS) is 13.4. The van der Waals surface area contributed by atoms with E-state index in [2.05, 4.69) is 67.7 Å². The van der Waals surface area contributed by atoms with Gasteiger partial charge < -0.3 is 8.85 Å². The molecule has 1 rings (SSSR count). The standard InChI is InChI=1S/C20H35FO2Si2/c1-19(2,3)24(7,8)22-18(23-25(9,10)20(4,5)6)15-16-13-11-12-14-17(16)21/h11-15H,1-10H3. The fraction of sp³-hybridized carbons (Fsp3) is 0.600. The highest BCUT2D eigenvalue weighted by atomic mass is 28.4. The third-order valence-electron chi connectivity index (χ3n) is 5.50. The van der Waals surface area contributed by atoms with Crippen molar-refractivity contribution in [3.63, 3.8) is 0 Å². The molecule has 0 spiro atoms. The van der Waals surface area contributed by atoms with Crippen molar-refractivity contribution in [1.29, 1.82) is 0 Å². The summed E-state index contributed by atoms with van der Waals surface area (Å²) in [5, 5.41) is 0.0796. The first-order valence-electron chi connectivity index (χ1n) is 8.91. The molecular weight excluding hydrogens is 347 g/mol. The quantitative estimate of drug-likeness (QED) is 0.397. The molecule has 1 aromatic rings. The summed E-state index contributed by atoms with van der Waals surface area (Å²) in [5.41, 5.74) is 0.495. The SMILES string of the molecule is CC(C)(C)[Si](C)(C)OC(=Cc1ccccc1F)O[Si](C)(C)C(C)(C)C. The smallest absolute Gasteiger partial charge is 0.254 e. The van der Waals surface area contributed by atoms with E-state index in [1.807, 2.05) is 6.07 Å². The summed E-state index contributed by atoms with van der Waals surface area (Å²) in [6, 6.07) is 6.72. The van der Waals surface area contributed by atoms with Gasteiger partial charge in [0, 0.05) is 11.6 Å². The summed E-state index contributed by atoms with van der Waals surface area (Å²) in [7, 11) is -4.18. The predicted octanol–water partition coefficient (Wildman–Crippen LogP) is 7.17. The van der Waals surface area contributed by atoms with E-state index in [1.165, 1.54) is 6.07 Å². The van der Waals surface area contributed by atoms with Crippen LogP contribution >= 0.6 is 0 Å². The highest BCUT2D eigenvalue weighted by Crippen LogP contribution is 2.42. The predicted molar refractivity (Wildman–Crippen MR) is 111 cm³/mol. The molecule has 0 heterocycles. The Bertz CT molecular complexity index is 593. The van der Waals surface area contributed by atoms with Crippen molar-refractivity contribution in [2.75, 3.05) is 0 Å². The van der Waals surface area contributed by atoms with Gasteiger partial charge in [0.05, 0.1) is 0 Å². The second-order valence-electron chi connectivity index (χ2n) is 9.71. The van der Waals surface area contributed by atoms with E-state index >= 15 is 0 Å². The van der Waals surface area contributed by atoms with Crippen LogP contribution in [0.5, 0.6) is 0 Å². The molecule has 0 aliphatic rings. The lowest BCUT2D eigenvalue weighted by Gasteiger charge is -2.41. The number of hydrogen-bond donors (Lipinski definition) is 0. The van der Waals surface area contributed by atoms with E-state index in [0.717, 1.165) is 0 Å². The molecule has 0 saturated heterocycles. The molecular formula is C20H35FO2Si2. The fourth-order valence-corrected chi connectivity index (χ4v) is 3.51. The average Bonchev–Trinajstić information content (AvgIpc) is 2.37. The highest BCUT2D eigenvalue weighted by Gasteiger charge is 2.43. The van der Waals surface area contributed by atoms with Crippen LogP contribution in [0.3, 0.4) is 0 Å². The van der Waals surface area contributed by atoms with Crippen molar-refractivity contribution in [3.8, 4) is 0 Å². The van der Waals surface area contributed by atoms with Crippen LogP contribution in [-0.2, 0) is 8.85 Å². The topological polar surface area (TPSA) is 18.5 Å². The van der Waals surface area contributed by atoms with Crippen molar-refractivity contribution in [2.24, 2.45) is 0 Å². The number of hydrogen-bond acceptors (Lipinski definition) is 2. The van der Waals surface area contributed by atoms with Crippen LogP contribution in [0.1, 0.15) is 47.1 Å². The van der Waals surface area contributed by atoms with E-state index in [9.17, 15) is 4.39 Å². The fourth-order valence-electron chi connectivity index (χ4n) is 1.61. The van der Waals surface area contributed by atoms with Crippen LogP contribution in [0.15, 0.2) is 30.2 Å². The van der Waals surface area contributed by atoms with Gasteiger partial charge in [0.25, 0.3) is 22.6 Å². The van der Waals surface area contributed by atoms with Gasteiger partial charge in [0.2, 0.25) is 0 Å². The molecule has 142 valence electrons. The van der Waals surface area contributed by atoms with Crippen molar-refractivity contribution in [1.82, 2.24) is 0 Å². The summed E-state index contributed by atoms with van der Waals surface area (Å²) in [6.45, 7) is 21.8. The van der Waals surface area contributed by atoms with Crippen molar-refractivity contribution >= 4 is 22.7 Å². The summed E-state index contributed by atoms with van der Waals surface area (Å²) < 4.78 is 27.0. The molecule has 0 atom stereocenters. The number of halogens is 1. The maximum absolute atomic E-state index is 14.2. The molecule has 0 radical (unpaired) electrons. The van der Waals surface area contributed by atoms with Crippen molar-refractivity contribution in [3.05, 3.63) is 41.6 Å². The molecule has 2 nitrogen and oxygen atoms in total. The molecule has 0 N–H and O–H groups in total. The van der Waals surface area contributed by atoms with E-state index in [0.29, 0.717) is 11.5 Å². The molecule has 1 aromatic carbocycles. The molecule has 0 aromatic heterocycles. The van der Waals surface area contributed by atoms with Crippen LogP contribution in [-0.4, -0.2) is 16.6 Å². The zero-order chi connectivity index (χ0) is 19.7.